The van der Waals surface area contributed by atoms with E-state index >= 15 is 0 Å². The highest BCUT2D eigenvalue weighted by Crippen LogP contribution is 2.36. The summed E-state index contributed by atoms with van der Waals surface area (Å²) >= 11 is 0. The third-order valence-corrected chi connectivity index (χ3v) is 6.76. The van der Waals surface area contributed by atoms with Gasteiger partial charge >= 0.3 is 0 Å². The summed E-state index contributed by atoms with van der Waals surface area (Å²) < 4.78 is 5.48. The molecule has 5 rings (SSSR count). The minimum absolute atomic E-state index is 0.244. The summed E-state index contributed by atoms with van der Waals surface area (Å²) in [5, 5.41) is 5.40. The van der Waals surface area contributed by atoms with E-state index in [-0.39, 0.29) is 5.91 Å². The molecule has 31 heavy (non-hydrogen) atoms. The van der Waals surface area contributed by atoms with Crippen LogP contribution in [0.25, 0.3) is 11.0 Å². The molecule has 0 bridgehead atoms. The van der Waals surface area contributed by atoms with Crippen LogP contribution in [-0.2, 0) is 11.2 Å². The van der Waals surface area contributed by atoms with Gasteiger partial charge in [0.2, 0.25) is 5.91 Å². The summed E-state index contributed by atoms with van der Waals surface area (Å²) in [7, 11) is 0. The van der Waals surface area contributed by atoms with E-state index < -0.39 is 0 Å². The fourth-order valence-electron chi connectivity index (χ4n) is 4.93. The van der Waals surface area contributed by atoms with E-state index in [9.17, 15) is 4.79 Å². The monoisotopic (exact) mass is 418 g/mol. The van der Waals surface area contributed by atoms with Crippen molar-refractivity contribution in [2.24, 2.45) is 0 Å². The average molecular weight is 419 g/mol. The Morgan fingerprint density at radius 3 is 2.71 bits per heavy atom. The van der Waals surface area contributed by atoms with Crippen molar-refractivity contribution in [1.29, 1.82) is 0 Å². The smallest absolute Gasteiger partial charge is 0.227 e. The van der Waals surface area contributed by atoms with Crippen molar-refractivity contribution in [2.75, 3.05) is 49.1 Å². The quantitative estimate of drug-likeness (QED) is 0.626. The largest absolute Gasteiger partial charge is 0.354 e. The van der Waals surface area contributed by atoms with Crippen molar-refractivity contribution < 1.29 is 9.32 Å². The zero-order chi connectivity index (χ0) is 21.4. The van der Waals surface area contributed by atoms with Gasteiger partial charge in [-0.25, -0.2) is 0 Å². The minimum atomic E-state index is 0.244. The van der Waals surface area contributed by atoms with Crippen molar-refractivity contribution in [3.63, 3.8) is 0 Å². The third-order valence-electron chi connectivity index (χ3n) is 6.76. The highest BCUT2D eigenvalue weighted by Gasteiger charge is 2.28. The Morgan fingerprint density at radius 2 is 1.90 bits per heavy atom. The van der Waals surface area contributed by atoms with Gasteiger partial charge in [0, 0.05) is 51.4 Å². The molecule has 1 aromatic heterocycles. The first kappa shape index (κ1) is 20.1. The Labute approximate surface area is 183 Å². The molecule has 1 amide bonds. The second-order valence-electron chi connectivity index (χ2n) is 8.72. The Morgan fingerprint density at radius 1 is 1.10 bits per heavy atom. The van der Waals surface area contributed by atoms with Crippen LogP contribution in [0.5, 0.6) is 0 Å². The van der Waals surface area contributed by atoms with E-state index in [0.717, 1.165) is 68.2 Å². The van der Waals surface area contributed by atoms with E-state index in [0.29, 0.717) is 12.3 Å². The number of hydrogen-bond donors (Lipinski definition) is 0. The number of hydrogen-bond acceptors (Lipinski definition) is 5. The zero-order valence-electron chi connectivity index (χ0n) is 18.4. The molecule has 0 spiro atoms. The summed E-state index contributed by atoms with van der Waals surface area (Å²) in [5.74, 6) is 1.51. The number of benzene rings is 2. The van der Waals surface area contributed by atoms with Gasteiger partial charge in [-0.05, 0) is 48.6 Å². The van der Waals surface area contributed by atoms with Gasteiger partial charge in [-0.1, -0.05) is 36.3 Å². The lowest BCUT2D eigenvalue weighted by Gasteiger charge is -2.35. The van der Waals surface area contributed by atoms with E-state index in [1.54, 1.807) is 0 Å². The Hall–Kier alpha value is -2.86. The first-order valence-electron chi connectivity index (χ1n) is 11.4. The molecule has 3 aromatic rings. The average Bonchev–Trinajstić information content (AvgIpc) is 3.23. The molecule has 3 heterocycles. The summed E-state index contributed by atoms with van der Waals surface area (Å²) in [6, 6.07) is 14.7. The number of para-hydroxylation sites is 1. The molecule has 0 saturated carbocycles. The van der Waals surface area contributed by atoms with Gasteiger partial charge in [0.25, 0.3) is 0 Å². The highest BCUT2D eigenvalue weighted by atomic mass is 16.5. The van der Waals surface area contributed by atoms with Gasteiger partial charge in [0.05, 0.1) is 5.39 Å². The number of carbonyl (C=O) groups excluding carboxylic acids is 1. The van der Waals surface area contributed by atoms with Gasteiger partial charge in [-0.3, -0.25) is 9.69 Å². The van der Waals surface area contributed by atoms with Crippen LogP contribution in [0.3, 0.4) is 0 Å². The topological polar surface area (TPSA) is 52.8 Å². The van der Waals surface area contributed by atoms with Crippen molar-refractivity contribution in [1.82, 2.24) is 10.1 Å². The fraction of sp³-hybridized carbons (Fsp3) is 0.440. The Bertz CT molecular complexity index is 1080. The highest BCUT2D eigenvalue weighted by molar-refractivity contribution is 5.97. The molecule has 162 valence electrons. The Kier molecular flexibility index (Phi) is 5.40. The second kappa shape index (κ2) is 8.35. The van der Waals surface area contributed by atoms with Crippen LogP contribution in [0.15, 0.2) is 47.0 Å². The first-order valence-corrected chi connectivity index (χ1v) is 11.4. The first-order chi connectivity index (χ1) is 15.1. The van der Waals surface area contributed by atoms with Crippen LogP contribution in [0.2, 0.25) is 0 Å². The van der Waals surface area contributed by atoms with Crippen molar-refractivity contribution >= 4 is 28.4 Å². The van der Waals surface area contributed by atoms with Crippen LogP contribution in [0.4, 0.5) is 11.5 Å². The summed E-state index contributed by atoms with van der Waals surface area (Å²) in [5.41, 5.74) is 4.64. The summed E-state index contributed by atoms with van der Waals surface area (Å²) in [6.45, 7) is 9.99. The van der Waals surface area contributed by atoms with Crippen molar-refractivity contribution in [3.8, 4) is 0 Å². The van der Waals surface area contributed by atoms with E-state index in [1.807, 2.05) is 30.0 Å². The molecular formula is C25H30N4O2. The van der Waals surface area contributed by atoms with E-state index in [2.05, 4.69) is 46.1 Å². The summed E-state index contributed by atoms with van der Waals surface area (Å²) in [6.07, 6.45) is 1.65. The Balaban J connectivity index is 1.20. The van der Waals surface area contributed by atoms with Crippen molar-refractivity contribution in [3.05, 3.63) is 53.6 Å². The molecule has 0 aliphatic carbocycles. The zero-order valence-corrected chi connectivity index (χ0v) is 18.4. The minimum Gasteiger partial charge on any atom is -0.354 e. The molecule has 1 fully saturated rings. The number of piperazine rings is 1. The molecule has 6 heteroatoms. The molecule has 0 N–H and O–H groups in total. The van der Waals surface area contributed by atoms with E-state index in [1.165, 1.54) is 11.1 Å². The second-order valence-corrected chi connectivity index (χ2v) is 8.72. The number of amides is 1. The maximum atomic E-state index is 12.3. The van der Waals surface area contributed by atoms with Gasteiger partial charge < -0.3 is 14.3 Å². The lowest BCUT2D eigenvalue weighted by atomic mass is 9.89. The maximum Gasteiger partial charge on any atom is 0.227 e. The van der Waals surface area contributed by atoms with Gasteiger partial charge in [-0.15, -0.1) is 0 Å². The number of fused-ring (bicyclic) bond motifs is 2. The number of rotatable bonds is 5. The lowest BCUT2D eigenvalue weighted by molar-refractivity contribution is -0.119. The third kappa shape index (κ3) is 3.81. The maximum absolute atomic E-state index is 12.3. The van der Waals surface area contributed by atoms with Gasteiger partial charge in [-0.2, -0.15) is 0 Å². The van der Waals surface area contributed by atoms with Gasteiger partial charge in [0.1, 0.15) is 0 Å². The van der Waals surface area contributed by atoms with Crippen LogP contribution < -0.4 is 9.80 Å². The molecule has 0 radical (unpaired) electrons. The molecule has 1 atom stereocenters. The summed E-state index contributed by atoms with van der Waals surface area (Å²) in [4.78, 5) is 19.1. The van der Waals surface area contributed by atoms with Crippen LogP contribution in [0, 0.1) is 0 Å². The predicted octanol–water partition coefficient (Wildman–Crippen LogP) is 4.05. The molecular weight excluding hydrogens is 388 g/mol. The number of carbonyl (C=O) groups is 1. The SMILES string of the molecule is CCN1C(=O)CC(C)c2cc(CCN3CCN(c4noc5ccccc45)CC3)ccc21. The molecule has 1 unspecified atom stereocenters. The standard InChI is InChI=1S/C25H30N4O2/c1-3-29-22-9-8-19(17-21(22)18(2)16-24(29)30)10-11-27-12-14-28(15-13-27)25-20-6-4-5-7-23(20)31-26-25/h4-9,17-18H,3,10-16H2,1-2H3. The molecule has 2 aliphatic heterocycles. The van der Waals surface area contributed by atoms with Gasteiger partial charge in [0.15, 0.2) is 11.4 Å². The van der Waals surface area contributed by atoms with Crippen molar-refractivity contribution in [2.45, 2.75) is 32.6 Å². The van der Waals surface area contributed by atoms with E-state index in [4.69, 9.17) is 4.52 Å². The number of nitrogens with zero attached hydrogens (tertiary/aromatic N) is 4. The molecule has 1 saturated heterocycles. The molecule has 2 aliphatic rings. The molecule has 6 nitrogen and oxygen atoms in total. The number of anilines is 2. The van der Waals surface area contributed by atoms with Crippen LogP contribution in [0.1, 0.15) is 37.3 Å². The normalized spacial score (nSPS) is 19.8. The number of aromatic nitrogens is 1. The van der Waals surface area contributed by atoms with Crippen LogP contribution in [-0.4, -0.2) is 55.2 Å². The fourth-order valence-corrected chi connectivity index (χ4v) is 4.93. The predicted molar refractivity (Wildman–Crippen MR) is 124 cm³/mol. The molecule has 2 aromatic carbocycles. The lowest BCUT2D eigenvalue weighted by Crippen LogP contribution is -2.47. The van der Waals surface area contributed by atoms with Crippen LogP contribution >= 0.6 is 0 Å².